The van der Waals surface area contributed by atoms with Crippen LogP contribution in [-0.2, 0) is 0 Å². The average Bonchev–Trinajstić information content (AvgIpc) is 3.06. The summed E-state index contributed by atoms with van der Waals surface area (Å²) in [4.78, 5) is 16.9. The lowest BCUT2D eigenvalue weighted by atomic mass is 10.0. The molecule has 8 heteroatoms. The van der Waals surface area contributed by atoms with Gasteiger partial charge in [0.2, 0.25) is 0 Å². The number of nitrogens with one attached hydrogen (secondary N) is 2. The number of carbonyl (C=O) groups is 1. The number of halogens is 1. The van der Waals surface area contributed by atoms with Gasteiger partial charge in [-0.25, -0.2) is 13.9 Å². The Morgan fingerprint density at radius 3 is 3.12 bits per heavy atom. The molecule has 26 heavy (non-hydrogen) atoms. The fourth-order valence-electron chi connectivity index (χ4n) is 3.03. The maximum Gasteiger partial charge on any atom is 0.256 e. The van der Waals surface area contributed by atoms with E-state index in [-0.39, 0.29) is 24.4 Å². The van der Waals surface area contributed by atoms with Gasteiger partial charge in [-0.15, -0.1) is 0 Å². The summed E-state index contributed by atoms with van der Waals surface area (Å²) >= 11 is 0. The molecule has 0 fully saturated rings. The molecule has 1 atom stereocenters. The van der Waals surface area contributed by atoms with Crippen molar-refractivity contribution in [3.05, 3.63) is 53.6 Å². The molecule has 3 aromatic rings. The number of aromatic nitrogens is 3. The molecular weight excluding hydrogens is 337 g/mol. The number of fused-ring (bicyclic) bond motifs is 2. The summed E-state index contributed by atoms with van der Waals surface area (Å²) in [5.74, 6) is 0.572. The van der Waals surface area contributed by atoms with Crippen LogP contribution in [0.1, 0.15) is 35.3 Å². The average molecular weight is 355 g/mol. The highest BCUT2D eigenvalue weighted by molar-refractivity contribution is 5.99. The van der Waals surface area contributed by atoms with Crippen molar-refractivity contribution in [2.45, 2.75) is 19.4 Å². The van der Waals surface area contributed by atoms with Crippen LogP contribution in [0, 0.1) is 5.82 Å². The van der Waals surface area contributed by atoms with Crippen LogP contribution in [-0.4, -0.2) is 33.7 Å². The Balaban J connectivity index is 1.81. The van der Waals surface area contributed by atoms with E-state index in [4.69, 9.17) is 4.74 Å². The fraction of sp³-hybridized carbons (Fsp3) is 0.278. The molecule has 3 heterocycles. The monoisotopic (exact) mass is 355 g/mol. The Bertz CT molecular complexity index is 971. The zero-order chi connectivity index (χ0) is 18.1. The Labute approximate surface area is 149 Å². The van der Waals surface area contributed by atoms with Crippen molar-refractivity contribution in [3.8, 4) is 5.75 Å². The van der Waals surface area contributed by atoms with Crippen molar-refractivity contribution in [2.75, 3.05) is 18.5 Å². The van der Waals surface area contributed by atoms with E-state index in [9.17, 15) is 9.18 Å². The van der Waals surface area contributed by atoms with Gasteiger partial charge in [0.25, 0.3) is 5.91 Å². The number of hydrogen-bond acceptors (Lipinski definition) is 5. The summed E-state index contributed by atoms with van der Waals surface area (Å²) in [6, 6.07) is 6.03. The van der Waals surface area contributed by atoms with Gasteiger partial charge in [-0.05, 0) is 30.7 Å². The van der Waals surface area contributed by atoms with Gasteiger partial charge < -0.3 is 15.4 Å². The minimum atomic E-state index is -0.327. The molecule has 1 aromatic carbocycles. The van der Waals surface area contributed by atoms with Crippen LogP contribution in [0.15, 0.2) is 36.7 Å². The van der Waals surface area contributed by atoms with Gasteiger partial charge in [0, 0.05) is 11.8 Å². The highest BCUT2D eigenvalue weighted by atomic mass is 19.1. The van der Waals surface area contributed by atoms with Gasteiger partial charge >= 0.3 is 0 Å². The Hall–Kier alpha value is -3.16. The number of amides is 1. The summed E-state index contributed by atoms with van der Waals surface area (Å²) in [6.07, 6.45) is 3.93. The molecule has 0 radical (unpaired) electrons. The Kier molecular flexibility index (Phi) is 4.16. The summed E-state index contributed by atoms with van der Waals surface area (Å²) in [6.45, 7) is 2.59. The van der Waals surface area contributed by atoms with E-state index in [2.05, 4.69) is 20.7 Å². The maximum atomic E-state index is 13.8. The summed E-state index contributed by atoms with van der Waals surface area (Å²) in [5.41, 5.74) is 1.57. The van der Waals surface area contributed by atoms with Gasteiger partial charge in [-0.2, -0.15) is 5.10 Å². The molecule has 0 saturated carbocycles. The largest absolute Gasteiger partial charge is 0.491 e. The maximum absolute atomic E-state index is 13.8. The van der Waals surface area contributed by atoms with Gasteiger partial charge in [0.15, 0.2) is 5.65 Å². The van der Waals surface area contributed by atoms with Crippen molar-refractivity contribution in [1.82, 2.24) is 19.9 Å². The predicted octanol–water partition coefficient (Wildman–Crippen LogP) is 2.55. The van der Waals surface area contributed by atoms with Crippen LogP contribution in [0.4, 0.5) is 10.2 Å². The van der Waals surface area contributed by atoms with E-state index in [0.29, 0.717) is 41.3 Å². The van der Waals surface area contributed by atoms with Crippen LogP contribution < -0.4 is 15.4 Å². The molecule has 0 spiro atoms. The standard InChI is InChI=1S/C18H18FN5O2/c1-2-14-12-9-11(19)3-4-15(12)26-8-6-20-18(25)13-10-21-24-7-5-16(22-14)23-17(13)24/h3-5,7,9-10,14H,2,6,8H2,1H3,(H,20,25)(H,22,23)/t14-/m1/s1. The van der Waals surface area contributed by atoms with Gasteiger partial charge in [-0.3, -0.25) is 4.79 Å². The van der Waals surface area contributed by atoms with E-state index in [1.54, 1.807) is 22.8 Å². The predicted molar refractivity (Wildman–Crippen MR) is 93.9 cm³/mol. The molecule has 1 aliphatic heterocycles. The number of ether oxygens (including phenoxy) is 1. The van der Waals surface area contributed by atoms with Gasteiger partial charge in [0.1, 0.15) is 29.6 Å². The third kappa shape index (κ3) is 2.94. The molecule has 0 unspecified atom stereocenters. The van der Waals surface area contributed by atoms with E-state index in [0.717, 1.165) is 0 Å². The van der Waals surface area contributed by atoms with E-state index < -0.39 is 0 Å². The third-order valence-electron chi connectivity index (χ3n) is 4.34. The number of nitrogens with zero attached hydrogens (tertiary/aromatic N) is 3. The van der Waals surface area contributed by atoms with Crippen LogP contribution in [0.3, 0.4) is 0 Å². The number of hydrogen-bond donors (Lipinski definition) is 2. The lowest BCUT2D eigenvalue weighted by Gasteiger charge is -2.21. The Morgan fingerprint density at radius 2 is 2.27 bits per heavy atom. The van der Waals surface area contributed by atoms with Crippen molar-refractivity contribution in [3.63, 3.8) is 0 Å². The molecule has 0 aliphatic carbocycles. The lowest BCUT2D eigenvalue weighted by Crippen LogP contribution is -2.28. The van der Waals surface area contributed by atoms with Crippen molar-refractivity contribution >= 4 is 17.4 Å². The smallest absolute Gasteiger partial charge is 0.256 e. The van der Waals surface area contributed by atoms with Crippen molar-refractivity contribution in [1.29, 1.82) is 0 Å². The van der Waals surface area contributed by atoms with Crippen LogP contribution in [0.2, 0.25) is 0 Å². The first-order chi connectivity index (χ1) is 12.7. The molecule has 7 nitrogen and oxygen atoms in total. The minimum absolute atomic E-state index is 0.188. The number of rotatable bonds is 1. The second-order valence-corrected chi connectivity index (χ2v) is 6.03. The zero-order valence-electron chi connectivity index (χ0n) is 14.2. The van der Waals surface area contributed by atoms with Crippen LogP contribution in [0.5, 0.6) is 5.75 Å². The molecular formula is C18H18FN5O2. The quantitative estimate of drug-likeness (QED) is 0.701. The molecule has 4 rings (SSSR count). The number of benzene rings is 1. The van der Waals surface area contributed by atoms with Gasteiger partial charge in [0.05, 0.1) is 18.8 Å². The van der Waals surface area contributed by atoms with Crippen molar-refractivity contribution < 1.29 is 13.9 Å². The molecule has 1 amide bonds. The molecule has 0 saturated heterocycles. The first kappa shape index (κ1) is 16.3. The van der Waals surface area contributed by atoms with E-state index in [1.807, 2.05) is 6.92 Å². The molecule has 2 aromatic heterocycles. The highest BCUT2D eigenvalue weighted by Gasteiger charge is 2.19. The van der Waals surface area contributed by atoms with E-state index >= 15 is 0 Å². The SMILES string of the molecule is CC[C@H]1Nc2ccn3ncc(c3n2)C(=O)NCCOc2ccc(F)cc21. The topological polar surface area (TPSA) is 80.5 Å². The first-order valence-electron chi connectivity index (χ1n) is 8.47. The van der Waals surface area contributed by atoms with Crippen LogP contribution in [0.25, 0.3) is 5.65 Å². The minimum Gasteiger partial charge on any atom is -0.491 e. The van der Waals surface area contributed by atoms with E-state index in [1.165, 1.54) is 18.3 Å². The molecule has 2 bridgehead atoms. The van der Waals surface area contributed by atoms with Crippen molar-refractivity contribution in [2.24, 2.45) is 0 Å². The third-order valence-corrected chi connectivity index (χ3v) is 4.34. The fourth-order valence-corrected chi connectivity index (χ4v) is 3.03. The summed E-state index contributed by atoms with van der Waals surface area (Å²) < 4.78 is 21.2. The van der Waals surface area contributed by atoms with Gasteiger partial charge in [-0.1, -0.05) is 6.92 Å². The summed E-state index contributed by atoms with van der Waals surface area (Å²) in [7, 11) is 0. The summed E-state index contributed by atoms with van der Waals surface area (Å²) in [5, 5.41) is 10.3. The first-order valence-corrected chi connectivity index (χ1v) is 8.47. The second-order valence-electron chi connectivity index (χ2n) is 6.03. The Morgan fingerprint density at radius 1 is 1.38 bits per heavy atom. The highest BCUT2D eigenvalue weighted by Crippen LogP contribution is 2.31. The zero-order valence-corrected chi connectivity index (χ0v) is 14.2. The molecule has 1 aliphatic rings. The number of carbonyl (C=O) groups excluding carboxylic acids is 1. The second kappa shape index (κ2) is 6.62. The molecule has 134 valence electrons. The normalized spacial score (nSPS) is 17.3. The molecule has 2 N–H and O–H groups in total. The lowest BCUT2D eigenvalue weighted by molar-refractivity contribution is 0.0948. The van der Waals surface area contributed by atoms with Crippen LogP contribution >= 0.6 is 0 Å². The number of anilines is 1.